The standard InChI is InChI=1S/C15H17N3O/c1-2-6-13-11-14(18-17-13)16-15(19)10-9-12-7-4-3-5-8-12/h3-5,7-11H,2,6H2,1H3,(H2,16,17,18,19)/b10-9+. The molecule has 1 heterocycles. The van der Waals surface area contributed by atoms with Gasteiger partial charge in [-0.25, -0.2) is 0 Å². The average Bonchev–Trinajstić information content (AvgIpc) is 2.85. The Morgan fingerprint density at radius 1 is 1.37 bits per heavy atom. The van der Waals surface area contributed by atoms with Crippen molar-refractivity contribution >= 4 is 17.8 Å². The minimum absolute atomic E-state index is 0.182. The lowest BCUT2D eigenvalue weighted by atomic mass is 10.2. The van der Waals surface area contributed by atoms with E-state index in [4.69, 9.17) is 0 Å². The summed E-state index contributed by atoms with van der Waals surface area (Å²) >= 11 is 0. The number of nitrogens with zero attached hydrogens (tertiary/aromatic N) is 1. The van der Waals surface area contributed by atoms with E-state index in [2.05, 4.69) is 22.4 Å². The number of hydrogen-bond acceptors (Lipinski definition) is 2. The van der Waals surface area contributed by atoms with Gasteiger partial charge in [-0.3, -0.25) is 9.89 Å². The van der Waals surface area contributed by atoms with E-state index in [0.29, 0.717) is 5.82 Å². The number of carbonyl (C=O) groups is 1. The predicted octanol–water partition coefficient (Wildman–Crippen LogP) is 3.01. The molecule has 0 saturated carbocycles. The first-order valence-corrected chi connectivity index (χ1v) is 6.36. The van der Waals surface area contributed by atoms with Gasteiger partial charge >= 0.3 is 0 Å². The van der Waals surface area contributed by atoms with Crippen LogP contribution >= 0.6 is 0 Å². The third kappa shape index (κ3) is 4.10. The normalized spacial score (nSPS) is 10.8. The molecule has 0 radical (unpaired) electrons. The number of amides is 1. The second kappa shape index (κ2) is 6.54. The van der Waals surface area contributed by atoms with Crippen molar-refractivity contribution < 1.29 is 4.79 Å². The monoisotopic (exact) mass is 255 g/mol. The molecule has 0 bridgehead atoms. The lowest BCUT2D eigenvalue weighted by Crippen LogP contribution is -2.07. The molecule has 19 heavy (non-hydrogen) atoms. The van der Waals surface area contributed by atoms with Crippen molar-refractivity contribution in [3.63, 3.8) is 0 Å². The molecule has 1 aromatic carbocycles. The van der Waals surface area contributed by atoms with Crippen LogP contribution in [0.15, 0.2) is 42.5 Å². The van der Waals surface area contributed by atoms with Gasteiger partial charge in [0.05, 0.1) is 0 Å². The molecule has 0 aliphatic carbocycles. The van der Waals surface area contributed by atoms with Crippen molar-refractivity contribution in [2.75, 3.05) is 5.32 Å². The summed E-state index contributed by atoms with van der Waals surface area (Å²) in [7, 11) is 0. The highest BCUT2D eigenvalue weighted by atomic mass is 16.1. The molecule has 0 saturated heterocycles. The van der Waals surface area contributed by atoms with E-state index in [1.807, 2.05) is 36.4 Å². The van der Waals surface area contributed by atoms with Crippen LogP contribution in [0.1, 0.15) is 24.6 Å². The molecular formula is C15H17N3O. The van der Waals surface area contributed by atoms with Crippen LogP contribution in [0.2, 0.25) is 0 Å². The van der Waals surface area contributed by atoms with E-state index < -0.39 is 0 Å². The number of rotatable bonds is 5. The summed E-state index contributed by atoms with van der Waals surface area (Å²) in [5.41, 5.74) is 2.02. The topological polar surface area (TPSA) is 57.8 Å². The van der Waals surface area contributed by atoms with Crippen LogP contribution in [0.4, 0.5) is 5.82 Å². The van der Waals surface area contributed by atoms with E-state index in [9.17, 15) is 4.79 Å². The van der Waals surface area contributed by atoms with Crippen LogP contribution < -0.4 is 5.32 Å². The fourth-order valence-corrected chi connectivity index (χ4v) is 1.73. The van der Waals surface area contributed by atoms with Crippen LogP contribution in [-0.2, 0) is 11.2 Å². The molecule has 4 nitrogen and oxygen atoms in total. The summed E-state index contributed by atoms with van der Waals surface area (Å²) in [6.07, 6.45) is 5.25. The molecule has 98 valence electrons. The maximum atomic E-state index is 11.7. The van der Waals surface area contributed by atoms with E-state index in [1.165, 1.54) is 6.08 Å². The average molecular weight is 255 g/mol. The molecule has 0 unspecified atom stereocenters. The van der Waals surface area contributed by atoms with Crippen molar-refractivity contribution in [2.45, 2.75) is 19.8 Å². The first-order valence-electron chi connectivity index (χ1n) is 6.36. The highest BCUT2D eigenvalue weighted by Crippen LogP contribution is 2.07. The second-order valence-corrected chi connectivity index (χ2v) is 4.26. The fraction of sp³-hybridized carbons (Fsp3) is 0.200. The van der Waals surface area contributed by atoms with Crippen molar-refractivity contribution in [1.29, 1.82) is 0 Å². The van der Waals surface area contributed by atoms with Crippen molar-refractivity contribution in [3.05, 3.63) is 53.7 Å². The number of aromatic nitrogens is 2. The predicted molar refractivity (Wildman–Crippen MR) is 76.7 cm³/mol. The van der Waals surface area contributed by atoms with Crippen LogP contribution in [-0.4, -0.2) is 16.1 Å². The Bertz CT molecular complexity index is 558. The molecule has 2 aromatic rings. The number of carbonyl (C=O) groups excluding carboxylic acids is 1. The Morgan fingerprint density at radius 2 is 2.16 bits per heavy atom. The summed E-state index contributed by atoms with van der Waals surface area (Å²) in [5.74, 6) is 0.379. The first-order chi connectivity index (χ1) is 9.28. The molecular weight excluding hydrogens is 238 g/mol. The molecule has 0 atom stereocenters. The summed E-state index contributed by atoms with van der Waals surface area (Å²) in [6.45, 7) is 2.10. The first kappa shape index (κ1) is 13.1. The van der Waals surface area contributed by atoms with Gasteiger partial charge < -0.3 is 5.32 Å². The lowest BCUT2D eigenvalue weighted by molar-refractivity contribution is -0.111. The molecule has 0 fully saturated rings. The van der Waals surface area contributed by atoms with E-state index in [-0.39, 0.29) is 5.91 Å². The third-order valence-corrected chi connectivity index (χ3v) is 2.63. The number of hydrogen-bond donors (Lipinski definition) is 2. The second-order valence-electron chi connectivity index (χ2n) is 4.26. The number of benzene rings is 1. The van der Waals surface area contributed by atoms with E-state index in [0.717, 1.165) is 24.1 Å². The van der Waals surface area contributed by atoms with Crippen LogP contribution in [0.25, 0.3) is 6.08 Å². The highest BCUT2D eigenvalue weighted by Gasteiger charge is 2.02. The Labute approximate surface area is 112 Å². The number of H-pyrrole nitrogens is 1. The Balaban J connectivity index is 1.92. The number of aromatic amines is 1. The third-order valence-electron chi connectivity index (χ3n) is 2.63. The molecule has 4 heteroatoms. The summed E-state index contributed by atoms with van der Waals surface area (Å²) < 4.78 is 0. The zero-order valence-electron chi connectivity index (χ0n) is 10.9. The quantitative estimate of drug-likeness (QED) is 0.807. The van der Waals surface area contributed by atoms with E-state index >= 15 is 0 Å². The Hall–Kier alpha value is -2.36. The van der Waals surface area contributed by atoms with Crippen LogP contribution in [0, 0.1) is 0 Å². The van der Waals surface area contributed by atoms with Crippen LogP contribution in [0.3, 0.4) is 0 Å². The molecule has 0 aliphatic rings. The van der Waals surface area contributed by atoms with Gasteiger partial charge in [-0.05, 0) is 18.1 Å². The molecule has 1 aromatic heterocycles. The zero-order chi connectivity index (χ0) is 13.5. The van der Waals surface area contributed by atoms with Gasteiger partial charge in [-0.1, -0.05) is 43.7 Å². The van der Waals surface area contributed by atoms with Gasteiger partial charge in [-0.15, -0.1) is 0 Å². The lowest BCUT2D eigenvalue weighted by Gasteiger charge is -1.95. The van der Waals surface area contributed by atoms with Crippen LogP contribution in [0.5, 0.6) is 0 Å². The van der Waals surface area contributed by atoms with Gasteiger partial charge in [-0.2, -0.15) is 5.10 Å². The number of nitrogens with one attached hydrogen (secondary N) is 2. The number of aryl methyl sites for hydroxylation is 1. The van der Waals surface area contributed by atoms with Gasteiger partial charge in [0.2, 0.25) is 5.91 Å². The van der Waals surface area contributed by atoms with Gasteiger partial charge in [0.25, 0.3) is 0 Å². The minimum Gasteiger partial charge on any atom is -0.306 e. The molecule has 2 N–H and O–H groups in total. The van der Waals surface area contributed by atoms with Gasteiger partial charge in [0.15, 0.2) is 5.82 Å². The summed E-state index contributed by atoms with van der Waals surface area (Å²) in [5, 5.41) is 9.66. The smallest absolute Gasteiger partial charge is 0.249 e. The maximum Gasteiger partial charge on any atom is 0.249 e. The molecule has 2 rings (SSSR count). The van der Waals surface area contributed by atoms with Gasteiger partial charge in [0, 0.05) is 17.8 Å². The van der Waals surface area contributed by atoms with E-state index in [1.54, 1.807) is 6.08 Å². The minimum atomic E-state index is -0.182. The van der Waals surface area contributed by atoms with Gasteiger partial charge in [0.1, 0.15) is 0 Å². The molecule has 0 aliphatic heterocycles. The van der Waals surface area contributed by atoms with Crippen molar-refractivity contribution in [2.24, 2.45) is 0 Å². The number of anilines is 1. The SMILES string of the molecule is CCCc1cc(NC(=O)/C=C/c2ccccc2)n[nH]1. The largest absolute Gasteiger partial charge is 0.306 e. The zero-order valence-corrected chi connectivity index (χ0v) is 10.9. The van der Waals surface area contributed by atoms with Crippen molar-refractivity contribution in [3.8, 4) is 0 Å². The Morgan fingerprint density at radius 3 is 2.89 bits per heavy atom. The molecule has 0 spiro atoms. The maximum absolute atomic E-state index is 11.7. The fourth-order valence-electron chi connectivity index (χ4n) is 1.73. The molecule has 1 amide bonds. The summed E-state index contributed by atoms with van der Waals surface area (Å²) in [6, 6.07) is 11.5. The highest BCUT2D eigenvalue weighted by molar-refractivity contribution is 6.01. The van der Waals surface area contributed by atoms with Crippen molar-refractivity contribution in [1.82, 2.24) is 10.2 Å². The summed E-state index contributed by atoms with van der Waals surface area (Å²) in [4.78, 5) is 11.7. The Kier molecular flexibility index (Phi) is 4.50.